The molecule has 0 saturated carbocycles. The zero-order valence-electron chi connectivity index (χ0n) is 2.16. The summed E-state index contributed by atoms with van der Waals surface area (Å²) in [5.41, 5.74) is 0. The first-order valence-corrected chi connectivity index (χ1v) is 0.447. The molecule has 0 spiro atoms. The quantitative estimate of drug-likeness (QED) is 0.385. The van der Waals surface area contributed by atoms with Crippen LogP contribution < -0.4 is 0 Å². The first-order chi connectivity index (χ1) is 1.41. The van der Waals surface area contributed by atoms with Crippen LogP contribution in [0.3, 0.4) is 0 Å². The summed E-state index contributed by atoms with van der Waals surface area (Å²) in [5, 5.41) is 13.8. The molecule has 0 aliphatic carbocycles. The van der Waals surface area contributed by atoms with Gasteiger partial charge < -0.3 is 5.11 Å². The fraction of sp³-hybridized carbons (Fsp3) is 0. The molecule has 0 heterocycles. The molecule has 0 aromatic rings. The third kappa shape index (κ3) is 204. The first kappa shape index (κ1) is 18.4. The predicted octanol–water partition coefficient (Wildman–Crippen LogP) is -0.165. The number of rotatable bonds is 0. The van der Waals surface area contributed by atoms with E-state index < -0.39 is 0 Å². The van der Waals surface area contributed by atoms with Gasteiger partial charge in [-0.05, 0) is 0 Å². The van der Waals surface area contributed by atoms with Gasteiger partial charge in [-0.2, -0.15) is 5.26 Å². The van der Waals surface area contributed by atoms with Crippen LogP contribution in [-0.4, -0.2) is 5.11 Å². The van der Waals surface area contributed by atoms with Gasteiger partial charge in [0.2, 0.25) is 0 Å². The second kappa shape index (κ2) is 26.9. The molecule has 2 nitrogen and oxygen atoms in total. The van der Waals surface area contributed by atoms with Gasteiger partial charge in [-0.25, -0.2) is 0 Å². The third-order valence-corrected chi connectivity index (χ3v) is 0. The number of nitriles is 1. The minimum absolute atomic E-state index is 0. The van der Waals surface area contributed by atoms with Crippen molar-refractivity contribution in [2.45, 2.75) is 0 Å². The summed E-state index contributed by atoms with van der Waals surface area (Å²) in [7, 11) is 0. The molecular formula is CHCrFeNO. The Hall–Kier alpha value is 0.342. The third-order valence-electron chi connectivity index (χ3n) is 0. The van der Waals surface area contributed by atoms with Crippen LogP contribution in [0.15, 0.2) is 0 Å². The molecule has 5 heavy (non-hydrogen) atoms. The molecule has 0 aliphatic rings. The van der Waals surface area contributed by atoms with E-state index in [0.717, 1.165) is 6.26 Å². The van der Waals surface area contributed by atoms with E-state index in [1.54, 1.807) is 0 Å². The molecule has 0 rings (SSSR count). The van der Waals surface area contributed by atoms with Gasteiger partial charge in [-0.1, -0.05) is 0 Å². The second-order valence-corrected chi connectivity index (χ2v) is 0.100. The van der Waals surface area contributed by atoms with E-state index in [2.05, 4.69) is 0 Å². The fourth-order valence-electron chi connectivity index (χ4n) is 0. The van der Waals surface area contributed by atoms with Crippen molar-refractivity contribution >= 4 is 0 Å². The van der Waals surface area contributed by atoms with E-state index in [0.29, 0.717) is 0 Å². The normalized spacial score (nSPS) is 1.40. The van der Waals surface area contributed by atoms with Crippen molar-refractivity contribution in [1.29, 1.82) is 5.26 Å². The molecular weight excluding hydrogens is 150 g/mol. The number of hydrogen-bond donors (Lipinski definition) is 1. The summed E-state index contributed by atoms with van der Waals surface area (Å²) in [5.74, 6) is 0. The van der Waals surface area contributed by atoms with E-state index in [1.807, 2.05) is 0 Å². The summed E-state index contributed by atoms with van der Waals surface area (Å²) >= 11 is 0. The minimum atomic E-state index is 0. The van der Waals surface area contributed by atoms with Crippen molar-refractivity contribution < 1.29 is 39.5 Å². The topological polar surface area (TPSA) is 44.0 Å². The van der Waals surface area contributed by atoms with Crippen LogP contribution in [0.1, 0.15) is 0 Å². The van der Waals surface area contributed by atoms with E-state index >= 15 is 0 Å². The van der Waals surface area contributed by atoms with Crippen molar-refractivity contribution in [2.75, 3.05) is 0 Å². The summed E-state index contributed by atoms with van der Waals surface area (Å²) in [4.78, 5) is 0. The molecule has 0 unspecified atom stereocenters. The Labute approximate surface area is 51.4 Å². The summed E-state index contributed by atoms with van der Waals surface area (Å²) in [6.07, 6.45) is 0.750. The van der Waals surface area contributed by atoms with Crippen LogP contribution in [0.4, 0.5) is 0 Å². The fourth-order valence-corrected chi connectivity index (χ4v) is 0. The molecule has 1 N–H and O–H groups in total. The SMILES string of the molecule is N#CO.[Cr].[Fe]. The predicted molar refractivity (Wildman–Crippen MR) is 7.55 cm³/mol. The van der Waals surface area contributed by atoms with Crippen molar-refractivity contribution in [1.82, 2.24) is 0 Å². The molecule has 0 saturated heterocycles. The van der Waals surface area contributed by atoms with Gasteiger partial charge in [0.05, 0.1) is 0 Å². The summed E-state index contributed by atoms with van der Waals surface area (Å²) in [6.45, 7) is 0. The molecule has 0 amide bonds. The first-order valence-electron chi connectivity index (χ1n) is 0.447. The molecule has 30 valence electrons. The standard InChI is InChI=1S/CHNO.Cr.Fe/c2-1-3;;/h3H;;. The molecule has 0 aromatic carbocycles. The molecule has 0 aromatic heterocycles. The van der Waals surface area contributed by atoms with Gasteiger partial charge in [-0.3, -0.25) is 0 Å². The van der Waals surface area contributed by atoms with Gasteiger partial charge in [-0.15, -0.1) is 0 Å². The number of nitrogens with zero attached hydrogens (tertiary/aromatic N) is 1. The molecule has 0 bridgehead atoms. The van der Waals surface area contributed by atoms with Crippen LogP contribution in [0, 0.1) is 11.5 Å². The van der Waals surface area contributed by atoms with Gasteiger partial charge in [0.1, 0.15) is 0 Å². The average molecular weight is 151 g/mol. The second-order valence-electron chi connectivity index (χ2n) is 0.100. The van der Waals surface area contributed by atoms with Gasteiger partial charge >= 0.3 is 0 Å². The van der Waals surface area contributed by atoms with Crippen LogP contribution in [0.5, 0.6) is 0 Å². The van der Waals surface area contributed by atoms with Crippen LogP contribution in [-0.2, 0) is 34.4 Å². The van der Waals surface area contributed by atoms with Gasteiger partial charge in [0, 0.05) is 34.4 Å². The largest absolute Gasteiger partial charge is 0.443 e. The average Bonchev–Trinajstić information content (AvgIpc) is 0.918. The molecule has 0 atom stereocenters. The van der Waals surface area contributed by atoms with Crippen LogP contribution >= 0.6 is 0 Å². The Balaban J connectivity index is -0.0000000200. The smallest absolute Gasteiger partial charge is 0.283 e. The van der Waals surface area contributed by atoms with Crippen molar-refractivity contribution in [3.8, 4) is 6.26 Å². The molecule has 0 aliphatic heterocycles. The maximum absolute atomic E-state index is 6.88. The Morgan fingerprint density at radius 1 is 1.60 bits per heavy atom. The summed E-state index contributed by atoms with van der Waals surface area (Å²) in [6, 6.07) is 0. The van der Waals surface area contributed by atoms with E-state index in [4.69, 9.17) is 10.4 Å². The van der Waals surface area contributed by atoms with Crippen molar-refractivity contribution in [2.24, 2.45) is 0 Å². The molecule has 0 fully saturated rings. The summed E-state index contributed by atoms with van der Waals surface area (Å²) < 4.78 is 0. The van der Waals surface area contributed by atoms with E-state index in [1.165, 1.54) is 0 Å². The van der Waals surface area contributed by atoms with Crippen molar-refractivity contribution in [3.05, 3.63) is 0 Å². The van der Waals surface area contributed by atoms with Gasteiger partial charge in [0.25, 0.3) is 6.26 Å². The maximum atomic E-state index is 6.88. The van der Waals surface area contributed by atoms with E-state index in [9.17, 15) is 0 Å². The Morgan fingerprint density at radius 2 is 1.60 bits per heavy atom. The Bertz CT molecular complexity index is 33.1. The Morgan fingerprint density at radius 3 is 1.60 bits per heavy atom. The van der Waals surface area contributed by atoms with Crippen LogP contribution in [0.25, 0.3) is 0 Å². The number of aliphatic hydroxyl groups is 1. The Kier molecular flexibility index (Phi) is 98.9. The van der Waals surface area contributed by atoms with Crippen molar-refractivity contribution in [3.63, 3.8) is 0 Å². The number of hydrogen-bond acceptors (Lipinski definition) is 2. The zero-order chi connectivity index (χ0) is 2.71. The minimum Gasteiger partial charge on any atom is -0.443 e. The van der Waals surface area contributed by atoms with Gasteiger partial charge in [0.15, 0.2) is 0 Å². The van der Waals surface area contributed by atoms with E-state index in [-0.39, 0.29) is 34.4 Å². The molecule has 4 heteroatoms. The number of aliphatic hydroxyl groups excluding tert-OH is 1. The molecule has 0 radical (unpaired) electrons. The van der Waals surface area contributed by atoms with Crippen LogP contribution in [0.2, 0.25) is 0 Å². The zero-order valence-corrected chi connectivity index (χ0v) is 4.54. The maximum Gasteiger partial charge on any atom is 0.283 e. The monoisotopic (exact) mass is 151 g/mol.